The number of rotatable bonds is 13. The first kappa shape index (κ1) is 18.1. The molecule has 0 aliphatic rings. The van der Waals surface area contributed by atoms with E-state index < -0.39 is 0 Å². The van der Waals surface area contributed by atoms with Crippen LogP contribution in [-0.2, 0) is 14.3 Å². The van der Waals surface area contributed by atoms with Crippen LogP contribution in [0.3, 0.4) is 0 Å². The van der Waals surface area contributed by atoms with E-state index in [0.717, 1.165) is 25.7 Å². The Labute approximate surface area is 118 Å². The molecule has 0 aromatic rings. The lowest BCUT2D eigenvalue weighted by Gasteiger charge is -2.03. The van der Waals surface area contributed by atoms with Gasteiger partial charge in [-0.3, -0.25) is 4.79 Å². The van der Waals surface area contributed by atoms with Gasteiger partial charge in [-0.1, -0.05) is 44.9 Å². The minimum Gasteiger partial charge on any atom is -0.466 e. The zero-order valence-electron chi connectivity index (χ0n) is 12.7. The van der Waals surface area contributed by atoms with Crippen LogP contribution < -0.4 is 0 Å². The fraction of sp³-hybridized carbons (Fsp3) is 0.875. The fourth-order valence-electron chi connectivity index (χ4n) is 2.11. The third-order valence-corrected chi connectivity index (χ3v) is 3.22. The predicted octanol–water partition coefficient (Wildman–Crippen LogP) is 4.43. The second-order valence-electron chi connectivity index (χ2n) is 5.19. The maximum absolute atomic E-state index is 11.1. The van der Waals surface area contributed by atoms with E-state index >= 15 is 0 Å². The lowest BCUT2D eigenvalue weighted by molar-refractivity contribution is -0.143. The summed E-state index contributed by atoms with van der Waals surface area (Å²) in [6, 6.07) is 0. The van der Waals surface area contributed by atoms with Crippen LogP contribution in [0.1, 0.15) is 84.5 Å². The summed E-state index contributed by atoms with van der Waals surface area (Å²) in [6.45, 7) is 3.99. The summed E-state index contributed by atoms with van der Waals surface area (Å²) in [5.74, 6) is 0.245. The highest BCUT2D eigenvalue weighted by molar-refractivity contribution is 5.75. The smallest absolute Gasteiger partial charge is 0.305 e. The molecule has 112 valence electrons. The Morgan fingerprint density at radius 1 is 0.737 bits per heavy atom. The molecule has 3 nitrogen and oxygen atoms in total. The minimum absolute atomic E-state index is 0.0621. The maximum atomic E-state index is 11.1. The first-order valence-electron chi connectivity index (χ1n) is 7.82. The number of ketones is 1. The van der Waals surface area contributed by atoms with E-state index in [0.29, 0.717) is 18.8 Å². The van der Waals surface area contributed by atoms with E-state index in [2.05, 4.69) is 0 Å². The third kappa shape index (κ3) is 15.1. The molecular weight excluding hydrogens is 240 g/mol. The van der Waals surface area contributed by atoms with Crippen LogP contribution in [0.4, 0.5) is 0 Å². The Morgan fingerprint density at radius 3 is 1.58 bits per heavy atom. The van der Waals surface area contributed by atoms with Crippen LogP contribution in [0.15, 0.2) is 0 Å². The Kier molecular flexibility index (Phi) is 13.0. The van der Waals surface area contributed by atoms with Gasteiger partial charge in [0, 0.05) is 12.8 Å². The summed E-state index contributed by atoms with van der Waals surface area (Å²) in [5, 5.41) is 0. The Hall–Kier alpha value is -0.860. The summed E-state index contributed by atoms with van der Waals surface area (Å²) in [4.78, 5) is 21.8. The molecule has 0 radical (unpaired) electrons. The summed E-state index contributed by atoms with van der Waals surface area (Å²) >= 11 is 0. The van der Waals surface area contributed by atoms with Gasteiger partial charge in [-0.2, -0.15) is 0 Å². The van der Waals surface area contributed by atoms with Gasteiger partial charge in [-0.15, -0.1) is 0 Å². The molecule has 0 unspecified atom stereocenters. The van der Waals surface area contributed by atoms with Gasteiger partial charge in [-0.05, 0) is 26.7 Å². The van der Waals surface area contributed by atoms with Gasteiger partial charge in [0.15, 0.2) is 0 Å². The number of ether oxygens (including phenoxy) is 1. The van der Waals surface area contributed by atoms with Crippen LogP contribution in [0, 0.1) is 0 Å². The number of carbonyl (C=O) groups excluding carboxylic acids is 2. The Bertz CT molecular complexity index is 236. The molecule has 0 atom stereocenters. The molecule has 19 heavy (non-hydrogen) atoms. The molecule has 0 aliphatic heterocycles. The standard InChI is InChI=1S/C16H30O3/c1-3-19-16(18)14-12-10-8-6-4-5-7-9-11-13-15(2)17/h3-14H2,1-2H3. The largest absolute Gasteiger partial charge is 0.466 e. The van der Waals surface area contributed by atoms with Crippen molar-refractivity contribution in [3.8, 4) is 0 Å². The van der Waals surface area contributed by atoms with Gasteiger partial charge in [0.05, 0.1) is 6.61 Å². The monoisotopic (exact) mass is 270 g/mol. The number of esters is 1. The van der Waals surface area contributed by atoms with Crippen molar-refractivity contribution in [1.82, 2.24) is 0 Å². The molecule has 0 N–H and O–H groups in total. The Morgan fingerprint density at radius 2 is 1.16 bits per heavy atom. The molecule has 0 rings (SSSR count). The zero-order chi connectivity index (χ0) is 14.3. The second kappa shape index (κ2) is 13.6. The Balaban J connectivity index is 3.06. The maximum Gasteiger partial charge on any atom is 0.305 e. The number of Topliss-reactive ketones (excluding diaryl/α,β-unsaturated/α-hetero) is 1. The van der Waals surface area contributed by atoms with E-state index in [9.17, 15) is 9.59 Å². The van der Waals surface area contributed by atoms with Gasteiger partial charge in [0.2, 0.25) is 0 Å². The molecule has 0 saturated heterocycles. The summed E-state index contributed by atoms with van der Waals surface area (Å²) < 4.78 is 4.88. The van der Waals surface area contributed by atoms with Crippen LogP contribution in [-0.4, -0.2) is 18.4 Å². The van der Waals surface area contributed by atoms with Crippen LogP contribution in [0.2, 0.25) is 0 Å². The van der Waals surface area contributed by atoms with E-state index in [4.69, 9.17) is 4.74 Å². The molecule has 3 heteroatoms. The van der Waals surface area contributed by atoms with Crippen LogP contribution in [0.5, 0.6) is 0 Å². The second-order valence-corrected chi connectivity index (χ2v) is 5.19. The van der Waals surface area contributed by atoms with Gasteiger partial charge < -0.3 is 9.53 Å². The molecule has 0 aromatic heterocycles. The molecule has 0 bridgehead atoms. The van der Waals surface area contributed by atoms with Gasteiger partial charge in [-0.25, -0.2) is 0 Å². The van der Waals surface area contributed by atoms with Gasteiger partial charge >= 0.3 is 5.97 Å². The number of unbranched alkanes of at least 4 members (excludes halogenated alkanes) is 8. The average molecular weight is 270 g/mol. The van der Waals surface area contributed by atoms with Crippen molar-refractivity contribution in [1.29, 1.82) is 0 Å². The molecule has 0 amide bonds. The van der Waals surface area contributed by atoms with Crippen molar-refractivity contribution in [2.45, 2.75) is 84.5 Å². The minimum atomic E-state index is -0.0621. The normalized spacial score (nSPS) is 10.4. The van der Waals surface area contributed by atoms with Crippen molar-refractivity contribution in [3.63, 3.8) is 0 Å². The van der Waals surface area contributed by atoms with Crippen molar-refractivity contribution < 1.29 is 14.3 Å². The van der Waals surface area contributed by atoms with Crippen molar-refractivity contribution >= 4 is 11.8 Å². The number of hydrogen-bond donors (Lipinski definition) is 0. The molecule has 0 saturated carbocycles. The van der Waals surface area contributed by atoms with Gasteiger partial charge in [0.1, 0.15) is 5.78 Å². The van der Waals surface area contributed by atoms with Gasteiger partial charge in [0.25, 0.3) is 0 Å². The van der Waals surface area contributed by atoms with E-state index in [1.54, 1.807) is 6.92 Å². The highest BCUT2D eigenvalue weighted by atomic mass is 16.5. The highest BCUT2D eigenvalue weighted by Gasteiger charge is 2.00. The van der Waals surface area contributed by atoms with E-state index in [1.165, 1.54) is 38.5 Å². The molecule has 0 fully saturated rings. The molecular formula is C16H30O3. The van der Waals surface area contributed by atoms with Crippen molar-refractivity contribution in [3.05, 3.63) is 0 Å². The van der Waals surface area contributed by atoms with E-state index in [1.807, 2.05) is 6.92 Å². The zero-order valence-corrected chi connectivity index (χ0v) is 12.7. The number of hydrogen-bond acceptors (Lipinski definition) is 3. The van der Waals surface area contributed by atoms with Crippen LogP contribution in [0.25, 0.3) is 0 Å². The first-order chi connectivity index (χ1) is 9.16. The molecule has 0 spiro atoms. The quantitative estimate of drug-likeness (QED) is 0.367. The average Bonchev–Trinajstić information content (AvgIpc) is 2.36. The summed E-state index contributed by atoms with van der Waals surface area (Å²) in [5.41, 5.74) is 0. The van der Waals surface area contributed by atoms with Crippen molar-refractivity contribution in [2.75, 3.05) is 6.61 Å². The number of carbonyl (C=O) groups is 2. The van der Waals surface area contributed by atoms with E-state index in [-0.39, 0.29) is 5.97 Å². The third-order valence-electron chi connectivity index (χ3n) is 3.22. The first-order valence-corrected chi connectivity index (χ1v) is 7.82. The summed E-state index contributed by atoms with van der Waals surface area (Å²) in [6.07, 6.45) is 11.9. The molecule has 0 aromatic carbocycles. The molecule has 0 aliphatic carbocycles. The fourth-order valence-corrected chi connectivity index (χ4v) is 2.11. The predicted molar refractivity (Wildman–Crippen MR) is 78.1 cm³/mol. The lowest BCUT2D eigenvalue weighted by Crippen LogP contribution is -2.03. The summed E-state index contributed by atoms with van der Waals surface area (Å²) in [7, 11) is 0. The lowest BCUT2D eigenvalue weighted by atomic mass is 10.1. The topological polar surface area (TPSA) is 43.4 Å². The van der Waals surface area contributed by atoms with Crippen molar-refractivity contribution in [2.24, 2.45) is 0 Å². The molecule has 0 heterocycles. The van der Waals surface area contributed by atoms with Crippen LogP contribution >= 0.6 is 0 Å². The highest BCUT2D eigenvalue weighted by Crippen LogP contribution is 2.11. The SMILES string of the molecule is CCOC(=O)CCCCCCCCCCCC(C)=O.